The van der Waals surface area contributed by atoms with Crippen LogP contribution in [0.5, 0.6) is 5.75 Å². The molecule has 0 bridgehead atoms. The first-order valence-corrected chi connectivity index (χ1v) is 10.2. The molecular weight excluding hydrogens is 408 g/mol. The van der Waals surface area contributed by atoms with Crippen LogP contribution in [0.4, 0.5) is 0 Å². The van der Waals surface area contributed by atoms with Gasteiger partial charge in [0.15, 0.2) is 0 Å². The molecule has 4 aromatic rings. The van der Waals surface area contributed by atoms with Crippen molar-refractivity contribution in [3.05, 3.63) is 92.3 Å². The first-order chi connectivity index (χ1) is 15.4. The zero-order valence-electron chi connectivity index (χ0n) is 18.1. The van der Waals surface area contributed by atoms with Crippen molar-refractivity contribution in [2.45, 2.75) is 13.3 Å². The quantitative estimate of drug-likeness (QED) is 0.489. The fraction of sp³-hybridized carbons (Fsp3) is 0.208. The van der Waals surface area contributed by atoms with Gasteiger partial charge in [0.05, 0.1) is 23.9 Å². The highest BCUT2D eigenvalue weighted by Crippen LogP contribution is 2.16. The average Bonchev–Trinajstić information content (AvgIpc) is 3.11. The molecule has 32 heavy (non-hydrogen) atoms. The van der Waals surface area contributed by atoms with Crippen LogP contribution in [-0.2, 0) is 13.5 Å². The molecule has 0 saturated carbocycles. The van der Waals surface area contributed by atoms with Gasteiger partial charge in [-0.1, -0.05) is 29.8 Å². The number of carbonyl (C=O) groups is 1. The van der Waals surface area contributed by atoms with Crippen molar-refractivity contribution in [2.75, 3.05) is 13.7 Å². The van der Waals surface area contributed by atoms with Crippen molar-refractivity contribution in [2.24, 2.45) is 7.05 Å². The number of rotatable bonds is 6. The number of ether oxygens (including phenoxy) is 1. The second-order valence-corrected chi connectivity index (χ2v) is 7.64. The molecule has 8 nitrogen and oxygen atoms in total. The second kappa shape index (κ2) is 8.58. The smallest absolute Gasteiger partial charge is 0.333 e. The van der Waals surface area contributed by atoms with Crippen molar-refractivity contribution in [1.29, 1.82) is 0 Å². The Hall–Kier alpha value is -4.07. The largest absolute Gasteiger partial charge is 0.497 e. The van der Waals surface area contributed by atoms with Gasteiger partial charge in [0.2, 0.25) is 0 Å². The second-order valence-electron chi connectivity index (χ2n) is 7.64. The number of aromatic nitrogens is 3. The summed E-state index contributed by atoms with van der Waals surface area (Å²) in [4.78, 5) is 41.4. The summed E-state index contributed by atoms with van der Waals surface area (Å²) in [5.74, 6) is 0.395. The predicted molar refractivity (Wildman–Crippen MR) is 123 cm³/mol. The molecule has 0 fully saturated rings. The van der Waals surface area contributed by atoms with E-state index in [4.69, 9.17) is 4.74 Å². The number of hydrogen-bond acceptors (Lipinski definition) is 4. The van der Waals surface area contributed by atoms with Crippen molar-refractivity contribution < 1.29 is 9.53 Å². The van der Waals surface area contributed by atoms with Crippen LogP contribution in [0, 0.1) is 6.92 Å². The lowest BCUT2D eigenvalue weighted by Crippen LogP contribution is -2.34. The minimum Gasteiger partial charge on any atom is -0.497 e. The summed E-state index contributed by atoms with van der Waals surface area (Å²) in [6.07, 6.45) is 2.17. The van der Waals surface area contributed by atoms with Gasteiger partial charge in [-0.25, -0.2) is 9.36 Å². The molecule has 0 aliphatic rings. The summed E-state index contributed by atoms with van der Waals surface area (Å²) in [7, 11) is 3.28. The van der Waals surface area contributed by atoms with Crippen molar-refractivity contribution in [1.82, 2.24) is 19.4 Å². The number of benzene rings is 2. The van der Waals surface area contributed by atoms with Crippen LogP contribution >= 0.6 is 0 Å². The Bertz CT molecular complexity index is 1410. The van der Waals surface area contributed by atoms with E-state index in [-0.39, 0.29) is 22.5 Å². The number of amides is 1. The van der Waals surface area contributed by atoms with Crippen molar-refractivity contribution >= 4 is 16.9 Å². The third kappa shape index (κ3) is 3.94. The highest BCUT2D eigenvalue weighted by atomic mass is 16.5. The van der Waals surface area contributed by atoms with Crippen LogP contribution in [0.25, 0.3) is 16.7 Å². The van der Waals surface area contributed by atoms with Crippen LogP contribution in [0.2, 0.25) is 0 Å². The summed E-state index contributed by atoms with van der Waals surface area (Å²) >= 11 is 0. The number of nitrogens with zero attached hydrogens (tertiary/aromatic N) is 2. The van der Waals surface area contributed by atoms with Crippen LogP contribution < -0.4 is 21.3 Å². The van der Waals surface area contributed by atoms with Crippen LogP contribution in [0.1, 0.15) is 21.5 Å². The van der Waals surface area contributed by atoms with Gasteiger partial charge in [0.25, 0.3) is 11.5 Å². The first kappa shape index (κ1) is 21.2. The third-order valence-corrected chi connectivity index (χ3v) is 5.39. The van der Waals surface area contributed by atoms with Crippen LogP contribution in [0.3, 0.4) is 0 Å². The Morgan fingerprint density at radius 2 is 1.88 bits per heavy atom. The number of fused-ring (bicyclic) bond motifs is 1. The van der Waals surface area contributed by atoms with Crippen LogP contribution in [-0.4, -0.2) is 33.7 Å². The molecule has 0 aliphatic heterocycles. The number of aryl methyl sites for hydroxylation is 2. The average molecular weight is 432 g/mol. The number of hydrogen-bond donors (Lipinski definition) is 2. The van der Waals surface area contributed by atoms with E-state index >= 15 is 0 Å². The van der Waals surface area contributed by atoms with Gasteiger partial charge in [-0.05, 0) is 43.2 Å². The van der Waals surface area contributed by atoms with E-state index in [1.807, 2.05) is 43.3 Å². The molecule has 164 valence electrons. The number of methoxy groups -OCH3 is 1. The molecule has 0 saturated heterocycles. The van der Waals surface area contributed by atoms with Crippen molar-refractivity contribution in [3.63, 3.8) is 0 Å². The van der Waals surface area contributed by atoms with Crippen LogP contribution in [0.15, 0.2) is 64.3 Å². The molecule has 0 atom stereocenters. The molecule has 2 N–H and O–H groups in total. The molecule has 1 amide bonds. The van der Waals surface area contributed by atoms with Gasteiger partial charge in [0.1, 0.15) is 11.3 Å². The Labute approximate surface area is 184 Å². The minimum atomic E-state index is -0.594. The highest BCUT2D eigenvalue weighted by molar-refractivity contribution is 6.05. The molecule has 2 aromatic heterocycles. The van der Waals surface area contributed by atoms with Gasteiger partial charge in [0, 0.05) is 19.8 Å². The first-order valence-electron chi connectivity index (χ1n) is 10.2. The van der Waals surface area contributed by atoms with Gasteiger partial charge in [-0.3, -0.25) is 9.59 Å². The van der Waals surface area contributed by atoms with Gasteiger partial charge in [-0.15, -0.1) is 0 Å². The lowest BCUT2D eigenvalue weighted by atomic mass is 10.1. The van der Waals surface area contributed by atoms with Gasteiger partial charge >= 0.3 is 5.69 Å². The lowest BCUT2D eigenvalue weighted by Gasteiger charge is -2.07. The number of nitrogens with one attached hydrogen (secondary N) is 2. The SMILES string of the molecule is COc1cccc(CCNC(=O)c2cn(C)c3c(=O)n(-c4ccc(C)cc4)c(=O)[nH]c23)c1. The van der Waals surface area contributed by atoms with E-state index in [1.54, 1.807) is 37.1 Å². The Balaban J connectivity index is 1.62. The molecule has 8 heteroatoms. The Kier molecular flexibility index (Phi) is 5.68. The summed E-state index contributed by atoms with van der Waals surface area (Å²) in [6.45, 7) is 2.32. The number of aromatic amines is 1. The van der Waals surface area contributed by atoms with E-state index in [0.29, 0.717) is 18.7 Å². The van der Waals surface area contributed by atoms with E-state index in [9.17, 15) is 14.4 Å². The van der Waals surface area contributed by atoms with E-state index in [2.05, 4.69) is 10.3 Å². The fourth-order valence-corrected chi connectivity index (χ4v) is 3.72. The molecule has 0 unspecified atom stereocenters. The van der Waals surface area contributed by atoms with Gasteiger partial charge in [-0.2, -0.15) is 0 Å². The zero-order valence-corrected chi connectivity index (χ0v) is 18.1. The molecule has 2 aromatic carbocycles. The predicted octanol–water partition coefficient (Wildman–Crippen LogP) is 2.31. The molecule has 0 aliphatic carbocycles. The maximum Gasteiger partial charge on any atom is 0.333 e. The topological polar surface area (TPSA) is 98.1 Å². The monoisotopic (exact) mass is 432 g/mol. The molecule has 0 radical (unpaired) electrons. The Morgan fingerprint density at radius 1 is 1.12 bits per heavy atom. The fourth-order valence-electron chi connectivity index (χ4n) is 3.72. The zero-order chi connectivity index (χ0) is 22.8. The lowest BCUT2D eigenvalue weighted by molar-refractivity contribution is 0.0955. The Morgan fingerprint density at radius 3 is 2.59 bits per heavy atom. The third-order valence-electron chi connectivity index (χ3n) is 5.39. The number of H-pyrrole nitrogens is 1. The summed E-state index contributed by atoms with van der Waals surface area (Å²) in [5, 5.41) is 2.86. The van der Waals surface area contributed by atoms with Gasteiger partial charge < -0.3 is 19.6 Å². The standard InChI is InChI=1S/C24H24N4O4/c1-15-7-9-17(10-8-15)28-23(30)21-20(26-24(28)31)19(14-27(21)2)22(29)25-12-11-16-5-4-6-18(13-16)32-3/h4-10,13-14H,11-12H2,1-3H3,(H,25,29)(H,26,31). The molecule has 0 spiro atoms. The molecule has 2 heterocycles. The highest BCUT2D eigenvalue weighted by Gasteiger charge is 2.20. The maximum atomic E-state index is 13.1. The van der Waals surface area contributed by atoms with E-state index in [1.165, 1.54) is 0 Å². The number of carbonyl (C=O) groups excluding carboxylic acids is 1. The minimum absolute atomic E-state index is 0.227. The molecule has 4 rings (SSSR count). The maximum absolute atomic E-state index is 13.1. The summed E-state index contributed by atoms with van der Waals surface area (Å²) in [5.41, 5.74) is 2.16. The summed E-state index contributed by atoms with van der Waals surface area (Å²) in [6, 6.07) is 14.7. The van der Waals surface area contributed by atoms with E-state index in [0.717, 1.165) is 21.4 Å². The van der Waals surface area contributed by atoms with E-state index < -0.39 is 11.2 Å². The molecular formula is C24H24N4O4. The summed E-state index contributed by atoms with van der Waals surface area (Å²) < 4.78 is 7.86. The normalized spacial score (nSPS) is 11.0. The van der Waals surface area contributed by atoms with Crippen molar-refractivity contribution in [3.8, 4) is 11.4 Å².